The zero-order chi connectivity index (χ0) is 22.7. The molecular formula is C25H28N4O3. The molecule has 32 heavy (non-hydrogen) atoms. The first-order chi connectivity index (χ1) is 15.5. The zero-order valence-corrected chi connectivity index (χ0v) is 18.4. The predicted octanol–water partition coefficient (Wildman–Crippen LogP) is 2.65. The normalized spacial score (nSPS) is 15.7. The molecule has 0 spiro atoms. The van der Waals surface area contributed by atoms with Crippen LogP contribution in [0.15, 0.2) is 54.6 Å². The van der Waals surface area contributed by atoms with E-state index in [1.54, 1.807) is 0 Å². The Morgan fingerprint density at radius 3 is 2.75 bits per heavy atom. The SMILES string of the molecule is CN(C)c1cccc(C(=O)N2CCC(c3cc(C(=O)NCCO)c4ccccc4n3)C2)c1. The van der Waals surface area contributed by atoms with Crippen molar-refractivity contribution in [2.45, 2.75) is 12.3 Å². The van der Waals surface area contributed by atoms with Crippen LogP contribution in [0.25, 0.3) is 10.9 Å². The van der Waals surface area contributed by atoms with Crippen molar-refractivity contribution in [1.29, 1.82) is 0 Å². The lowest BCUT2D eigenvalue weighted by Gasteiger charge is -2.19. The molecule has 2 N–H and O–H groups in total. The highest BCUT2D eigenvalue weighted by Crippen LogP contribution is 2.30. The van der Waals surface area contributed by atoms with Crippen LogP contribution in [0.1, 0.15) is 38.7 Å². The van der Waals surface area contributed by atoms with Crippen molar-refractivity contribution in [3.63, 3.8) is 0 Å². The van der Waals surface area contributed by atoms with Gasteiger partial charge in [-0.05, 0) is 36.8 Å². The van der Waals surface area contributed by atoms with Crippen LogP contribution < -0.4 is 10.2 Å². The van der Waals surface area contributed by atoms with Crippen LogP contribution in [-0.4, -0.2) is 67.1 Å². The number of hydrogen-bond acceptors (Lipinski definition) is 5. The van der Waals surface area contributed by atoms with Gasteiger partial charge in [-0.1, -0.05) is 24.3 Å². The van der Waals surface area contributed by atoms with E-state index in [1.807, 2.05) is 78.5 Å². The minimum atomic E-state index is -0.231. The summed E-state index contributed by atoms with van der Waals surface area (Å²) in [6.07, 6.45) is 0.794. The summed E-state index contributed by atoms with van der Waals surface area (Å²) in [5, 5.41) is 12.6. The average Bonchev–Trinajstić information content (AvgIpc) is 3.31. The number of carbonyl (C=O) groups is 2. The van der Waals surface area contributed by atoms with Crippen LogP contribution >= 0.6 is 0 Å². The van der Waals surface area contributed by atoms with Gasteiger partial charge in [-0.3, -0.25) is 14.6 Å². The van der Waals surface area contributed by atoms with E-state index < -0.39 is 0 Å². The van der Waals surface area contributed by atoms with Gasteiger partial charge >= 0.3 is 0 Å². The van der Waals surface area contributed by atoms with Crippen LogP contribution in [-0.2, 0) is 0 Å². The number of aliphatic hydroxyl groups is 1. The molecule has 1 saturated heterocycles. The summed E-state index contributed by atoms with van der Waals surface area (Å²) in [6, 6.07) is 17.0. The van der Waals surface area contributed by atoms with E-state index in [0.717, 1.165) is 28.7 Å². The third-order valence-electron chi connectivity index (χ3n) is 5.88. The summed E-state index contributed by atoms with van der Waals surface area (Å²) in [4.78, 5) is 34.5. The molecule has 1 aliphatic rings. The Balaban J connectivity index is 1.58. The Morgan fingerprint density at radius 2 is 1.97 bits per heavy atom. The predicted molar refractivity (Wildman–Crippen MR) is 125 cm³/mol. The highest BCUT2D eigenvalue weighted by Gasteiger charge is 2.30. The molecule has 0 radical (unpaired) electrons. The summed E-state index contributed by atoms with van der Waals surface area (Å²) in [7, 11) is 3.91. The molecule has 1 aliphatic heterocycles. The fourth-order valence-electron chi connectivity index (χ4n) is 4.14. The molecule has 1 atom stereocenters. The van der Waals surface area contributed by atoms with Crippen LogP contribution in [0.2, 0.25) is 0 Å². The number of nitrogens with zero attached hydrogens (tertiary/aromatic N) is 3. The molecule has 1 fully saturated rings. The molecule has 0 bridgehead atoms. The minimum absolute atomic E-state index is 0.0119. The monoisotopic (exact) mass is 432 g/mol. The number of pyridine rings is 1. The summed E-state index contributed by atoms with van der Waals surface area (Å²) in [5.74, 6) is -0.159. The Hall–Kier alpha value is -3.45. The van der Waals surface area contributed by atoms with Crippen molar-refractivity contribution >= 4 is 28.4 Å². The van der Waals surface area contributed by atoms with Gasteiger partial charge in [0.1, 0.15) is 0 Å². The summed E-state index contributed by atoms with van der Waals surface area (Å²) >= 11 is 0. The van der Waals surface area contributed by atoms with E-state index in [9.17, 15) is 9.59 Å². The van der Waals surface area contributed by atoms with Gasteiger partial charge in [0.15, 0.2) is 0 Å². The van der Waals surface area contributed by atoms with E-state index in [-0.39, 0.29) is 30.9 Å². The average molecular weight is 433 g/mol. The van der Waals surface area contributed by atoms with Crippen molar-refractivity contribution in [3.8, 4) is 0 Å². The first-order valence-corrected chi connectivity index (χ1v) is 10.8. The fourth-order valence-corrected chi connectivity index (χ4v) is 4.14. The van der Waals surface area contributed by atoms with Gasteiger partial charge in [-0.15, -0.1) is 0 Å². The maximum absolute atomic E-state index is 13.1. The van der Waals surface area contributed by atoms with E-state index in [4.69, 9.17) is 10.1 Å². The number of aromatic nitrogens is 1. The van der Waals surface area contributed by atoms with E-state index in [2.05, 4.69) is 5.32 Å². The Kier molecular flexibility index (Phi) is 6.37. The fraction of sp³-hybridized carbons (Fsp3) is 0.320. The van der Waals surface area contributed by atoms with Crippen LogP contribution in [0.5, 0.6) is 0 Å². The highest BCUT2D eigenvalue weighted by atomic mass is 16.3. The molecule has 2 amide bonds. The Bertz CT molecular complexity index is 1140. The van der Waals surface area contributed by atoms with Crippen LogP contribution in [0, 0.1) is 0 Å². The number of fused-ring (bicyclic) bond motifs is 1. The maximum Gasteiger partial charge on any atom is 0.253 e. The molecule has 1 unspecified atom stereocenters. The molecule has 1 aromatic heterocycles. The molecular weight excluding hydrogens is 404 g/mol. The quantitative estimate of drug-likeness (QED) is 0.626. The summed E-state index contributed by atoms with van der Waals surface area (Å²) in [5.41, 5.74) is 3.77. The molecule has 3 aromatic rings. The van der Waals surface area contributed by atoms with Crippen molar-refractivity contribution in [1.82, 2.24) is 15.2 Å². The second kappa shape index (κ2) is 9.36. The molecule has 166 valence electrons. The van der Waals surface area contributed by atoms with Crippen LogP contribution in [0.4, 0.5) is 5.69 Å². The number of amides is 2. The van der Waals surface area contributed by atoms with Gasteiger partial charge in [0.05, 0.1) is 17.7 Å². The molecule has 2 aromatic carbocycles. The maximum atomic E-state index is 13.1. The lowest BCUT2D eigenvalue weighted by molar-refractivity contribution is 0.0790. The molecule has 2 heterocycles. The molecule has 7 heteroatoms. The van der Waals surface area contributed by atoms with E-state index in [0.29, 0.717) is 24.2 Å². The van der Waals surface area contributed by atoms with Crippen LogP contribution in [0.3, 0.4) is 0 Å². The molecule has 0 aliphatic carbocycles. The number of anilines is 1. The zero-order valence-electron chi connectivity index (χ0n) is 18.4. The van der Waals surface area contributed by atoms with Crippen molar-refractivity contribution in [2.24, 2.45) is 0 Å². The van der Waals surface area contributed by atoms with E-state index >= 15 is 0 Å². The number of nitrogens with one attached hydrogen (secondary N) is 1. The topological polar surface area (TPSA) is 85.8 Å². The van der Waals surface area contributed by atoms with Gasteiger partial charge in [-0.25, -0.2) is 0 Å². The number of carbonyl (C=O) groups excluding carboxylic acids is 2. The smallest absolute Gasteiger partial charge is 0.253 e. The Labute approximate surface area is 187 Å². The van der Waals surface area contributed by atoms with Gasteiger partial charge in [0.25, 0.3) is 11.8 Å². The molecule has 0 saturated carbocycles. The summed E-state index contributed by atoms with van der Waals surface area (Å²) in [6.45, 7) is 1.29. The second-order valence-corrected chi connectivity index (χ2v) is 8.27. The van der Waals surface area contributed by atoms with Gasteiger partial charge in [-0.2, -0.15) is 0 Å². The van der Waals surface area contributed by atoms with Gasteiger partial charge in [0, 0.05) is 62.0 Å². The number of para-hydroxylation sites is 1. The molecule has 4 rings (SSSR count). The Morgan fingerprint density at radius 1 is 1.16 bits per heavy atom. The minimum Gasteiger partial charge on any atom is -0.395 e. The third kappa shape index (κ3) is 4.43. The van der Waals surface area contributed by atoms with E-state index in [1.165, 1.54) is 0 Å². The van der Waals surface area contributed by atoms with Gasteiger partial charge < -0.3 is 20.2 Å². The first-order valence-electron chi connectivity index (χ1n) is 10.8. The van der Waals surface area contributed by atoms with Crippen molar-refractivity contribution < 1.29 is 14.7 Å². The van der Waals surface area contributed by atoms with Crippen molar-refractivity contribution in [2.75, 3.05) is 45.2 Å². The standard InChI is InChI=1S/C25H28N4O3/c1-28(2)19-7-5-6-17(14-19)25(32)29-12-10-18(16-29)23-15-21(24(31)26-11-13-30)20-8-3-4-9-22(20)27-23/h3-9,14-15,18,30H,10-13,16H2,1-2H3,(H,26,31). The lowest BCUT2D eigenvalue weighted by atomic mass is 9.99. The first kappa shape index (κ1) is 21.8. The second-order valence-electron chi connectivity index (χ2n) is 8.27. The number of aliphatic hydroxyl groups excluding tert-OH is 1. The lowest BCUT2D eigenvalue weighted by Crippen LogP contribution is -2.29. The number of rotatable bonds is 6. The number of hydrogen-bond donors (Lipinski definition) is 2. The largest absolute Gasteiger partial charge is 0.395 e. The number of likely N-dealkylation sites (tertiary alicyclic amines) is 1. The molecule has 7 nitrogen and oxygen atoms in total. The van der Waals surface area contributed by atoms with Gasteiger partial charge in [0.2, 0.25) is 0 Å². The summed E-state index contributed by atoms with van der Waals surface area (Å²) < 4.78 is 0. The van der Waals surface area contributed by atoms with Crippen molar-refractivity contribution in [3.05, 3.63) is 71.4 Å². The number of benzene rings is 2. The highest BCUT2D eigenvalue weighted by molar-refractivity contribution is 6.06. The third-order valence-corrected chi connectivity index (χ3v) is 5.88.